The van der Waals surface area contributed by atoms with E-state index in [0.717, 1.165) is 12.5 Å². The minimum absolute atomic E-state index is 0.0868. The van der Waals surface area contributed by atoms with Gasteiger partial charge in [-0.2, -0.15) is 0 Å². The molecule has 2 aliphatic rings. The van der Waals surface area contributed by atoms with Gasteiger partial charge in [0, 0.05) is 12.6 Å². The average molecular weight is 282 g/mol. The molecule has 0 aliphatic heterocycles. The van der Waals surface area contributed by atoms with Gasteiger partial charge in [0.2, 0.25) is 0 Å². The molecule has 0 saturated heterocycles. The highest BCUT2D eigenvalue weighted by Crippen LogP contribution is 2.32. The van der Waals surface area contributed by atoms with Gasteiger partial charge in [0.05, 0.1) is 19.2 Å². The summed E-state index contributed by atoms with van der Waals surface area (Å²) in [6, 6.07) is 0.661. The Morgan fingerprint density at radius 3 is 2.60 bits per heavy atom. The predicted octanol–water partition coefficient (Wildman–Crippen LogP) is 1.23. The molecule has 2 fully saturated rings. The van der Waals surface area contributed by atoms with Crippen molar-refractivity contribution in [3.8, 4) is 0 Å². The number of amides is 1. The molecule has 20 heavy (non-hydrogen) atoms. The van der Waals surface area contributed by atoms with Gasteiger partial charge in [-0.15, -0.1) is 0 Å². The number of aliphatic imine (C=N–C) groups is 1. The predicted molar refractivity (Wildman–Crippen MR) is 78.8 cm³/mol. The van der Waals surface area contributed by atoms with E-state index in [1.165, 1.54) is 25.7 Å². The van der Waals surface area contributed by atoms with Gasteiger partial charge in [-0.05, 0) is 45.4 Å². The third-order valence-corrected chi connectivity index (χ3v) is 3.48. The normalized spacial score (nSPS) is 20.2. The lowest BCUT2D eigenvalue weighted by molar-refractivity contribution is 0.147. The summed E-state index contributed by atoms with van der Waals surface area (Å²) in [6.45, 7) is 5.72. The van der Waals surface area contributed by atoms with Crippen LogP contribution in [0.5, 0.6) is 0 Å². The Labute approximate surface area is 120 Å². The van der Waals surface area contributed by atoms with Crippen LogP contribution in [0.1, 0.15) is 39.5 Å². The first-order valence-electron chi connectivity index (χ1n) is 7.71. The van der Waals surface area contributed by atoms with Crippen molar-refractivity contribution >= 4 is 12.1 Å². The number of nitrogens with one attached hydrogen (secondary N) is 3. The Morgan fingerprint density at radius 1 is 1.30 bits per heavy atom. The lowest BCUT2D eigenvalue weighted by atomic mass is 10.2. The van der Waals surface area contributed by atoms with Crippen LogP contribution in [-0.4, -0.2) is 43.8 Å². The van der Waals surface area contributed by atoms with Gasteiger partial charge >= 0.3 is 6.09 Å². The van der Waals surface area contributed by atoms with E-state index in [0.29, 0.717) is 25.1 Å². The van der Waals surface area contributed by atoms with Crippen molar-refractivity contribution in [2.45, 2.75) is 51.6 Å². The number of alkyl carbamates (subject to hydrolysis) is 1. The van der Waals surface area contributed by atoms with E-state index in [1.54, 1.807) is 0 Å². The maximum atomic E-state index is 11.5. The monoisotopic (exact) mass is 282 g/mol. The molecule has 3 N–H and O–H groups in total. The van der Waals surface area contributed by atoms with Crippen LogP contribution in [0.4, 0.5) is 4.79 Å². The van der Waals surface area contributed by atoms with Crippen LogP contribution in [-0.2, 0) is 4.74 Å². The molecule has 1 amide bonds. The lowest BCUT2D eigenvalue weighted by Crippen LogP contribution is -2.42. The van der Waals surface area contributed by atoms with Gasteiger partial charge in [0.1, 0.15) is 0 Å². The maximum Gasteiger partial charge on any atom is 0.407 e. The van der Waals surface area contributed by atoms with E-state index in [-0.39, 0.29) is 12.1 Å². The molecule has 0 aromatic carbocycles. The van der Waals surface area contributed by atoms with Crippen molar-refractivity contribution in [2.75, 3.05) is 19.7 Å². The summed E-state index contributed by atoms with van der Waals surface area (Å²) in [7, 11) is 0. The number of hydrogen-bond donors (Lipinski definition) is 3. The topological polar surface area (TPSA) is 74.8 Å². The molecular weight excluding hydrogens is 256 g/mol. The molecule has 0 radical (unpaired) electrons. The van der Waals surface area contributed by atoms with E-state index in [2.05, 4.69) is 27.9 Å². The van der Waals surface area contributed by atoms with E-state index in [1.807, 2.05) is 6.92 Å². The zero-order valence-corrected chi connectivity index (χ0v) is 12.4. The average Bonchev–Trinajstić information content (AvgIpc) is 3.26. The van der Waals surface area contributed by atoms with E-state index < -0.39 is 0 Å². The van der Waals surface area contributed by atoms with Crippen LogP contribution >= 0.6 is 0 Å². The highest BCUT2D eigenvalue weighted by Gasteiger charge is 2.32. The summed E-state index contributed by atoms with van der Waals surface area (Å²) in [5.41, 5.74) is 0. The number of guanidine groups is 1. The quantitative estimate of drug-likeness (QED) is 0.485. The van der Waals surface area contributed by atoms with E-state index in [9.17, 15) is 4.79 Å². The van der Waals surface area contributed by atoms with Crippen LogP contribution in [0.2, 0.25) is 0 Å². The van der Waals surface area contributed by atoms with Gasteiger partial charge in [-0.25, -0.2) is 4.79 Å². The third-order valence-electron chi connectivity index (χ3n) is 3.48. The smallest absolute Gasteiger partial charge is 0.407 e. The summed E-state index contributed by atoms with van der Waals surface area (Å²) < 4.78 is 4.95. The number of carbonyl (C=O) groups is 1. The Hall–Kier alpha value is -1.46. The van der Waals surface area contributed by atoms with Crippen LogP contribution in [0.3, 0.4) is 0 Å². The van der Waals surface area contributed by atoms with Crippen molar-refractivity contribution in [2.24, 2.45) is 10.9 Å². The molecule has 2 rings (SSSR count). The number of rotatable bonds is 7. The van der Waals surface area contributed by atoms with Crippen molar-refractivity contribution in [3.63, 3.8) is 0 Å². The van der Waals surface area contributed by atoms with E-state index >= 15 is 0 Å². The number of hydrogen-bond acceptors (Lipinski definition) is 3. The SMILES string of the molecule is CCNC(=NCC(NC(=O)OCC)C1CC1)NC1CC1. The summed E-state index contributed by atoms with van der Waals surface area (Å²) >= 11 is 0. The zero-order chi connectivity index (χ0) is 14.4. The Kier molecular flexibility index (Phi) is 5.49. The van der Waals surface area contributed by atoms with Crippen LogP contribution in [0, 0.1) is 5.92 Å². The van der Waals surface area contributed by atoms with Crippen molar-refractivity contribution < 1.29 is 9.53 Å². The van der Waals surface area contributed by atoms with Gasteiger partial charge in [0.25, 0.3) is 0 Å². The Bertz CT molecular complexity index is 351. The van der Waals surface area contributed by atoms with Crippen molar-refractivity contribution in [1.82, 2.24) is 16.0 Å². The molecule has 0 heterocycles. The molecule has 2 aliphatic carbocycles. The molecule has 0 bridgehead atoms. The fourth-order valence-corrected chi connectivity index (χ4v) is 2.07. The molecule has 1 atom stereocenters. The largest absolute Gasteiger partial charge is 0.450 e. The van der Waals surface area contributed by atoms with Gasteiger partial charge in [-0.3, -0.25) is 4.99 Å². The molecular formula is C14H26N4O2. The molecule has 0 aromatic rings. The first-order chi connectivity index (χ1) is 9.72. The highest BCUT2D eigenvalue weighted by atomic mass is 16.5. The van der Waals surface area contributed by atoms with Crippen molar-refractivity contribution in [3.05, 3.63) is 0 Å². The van der Waals surface area contributed by atoms with Crippen molar-refractivity contribution in [1.29, 1.82) is 0 Å². The van der Waals surface area contributed by atoms with Gasteiger partial charge in [-0.1, -0.05) is 0 Å². The fraction of sp³-hybridized carbons (Fsp3) is 0.857. The maximum absolute atomic E-state index is 11.5. The van der Waals surface area contributed by atoms with Crippen LogP contribution in [0.15, 0.2) is 4.99 Å². The molecule has 1 unspecified atom stereocenters. The van der Waals surface area contributed by atoms with Crippen LogP contribution in [0.25, 0.3) is 0 Å². The molecule has 6 heteroatoms. The number of carbonyl (C=O) groups excluding carboxylic acids is 1. The third kappa shape index (κ3) is 5.27. The second kappa shape index (κ2) is 7.36. The highest BCUT2D eigenvalue weighted by molar-refractivity contribution is 5.80. The molecule has 6 nitrogen and oxygen atoms in total. The number of nitrogens with zero attached hydrogens (tertiary/aromatic N) is 1. The second-order valence-corrected chi connectivity index (χ2v) is 5.45. The Morgan fingerprint density at radius 2 is 2.05 bits per heavy atom. The minimum Gasteiger partial charge on any atom is -0.450 e. The molecule has 114 valence electrons. The van der Waals surface area contributed by atoms with E-state index in [4.69, 9.17) is 4.74 Å². The second-order valence-electron chi connectivity index (χ2n) is 5.45. The van der Waals surface area contributed by atoms with Gasteiger partial charge in [0.15, 0.2) is 5.96 Å². The molecule has 2 saturated carbocycles. The van der Waals surface area contributed by atoms with Crippen LogP contribution < -0.4 is 16.0 Å². The zero-order valence-electron chi connectivity index (χ0n) is 12.4. The standard InChI is InChI=1S/C14H26N4O2/c1-3-15-13(17-11-7-8-11)16-9-12(10-5-6-10)18-14(19)20-4-2/h10-12H,3-9H2,1-2H3,(H,18,19)(H2,15,16,17). The summed E-state index contributed by atoms with van der Waals surface area (Å²) in [5.74, 6) is 1.40. The summed E-state index contributed by atoms with van der Waals surface area (Å²) in [4.78, 5) is 16.1. The minimum atomic E-state index is -0.334. The Balaban J connectivity index is 1.83. The first kappa shape index (κ1) is 14.9. The number of ether oxygens (including phenoxy) is 1. The summed E-state index contributed by atoms with van der Waals surface area (Å²) in [5, 5.41) is 9.54. The lowest BCUT2D eigenvalue weighted by Gasteiger charge is -2.17. The first-order valence-corrected chi connectivity index (χ1v) is 7.71. The fourth-order valence-electron chi connectivity index (χ4n) is 2.07. The molecule has 0 aromatic heterocycles. The molecule has 0 spiro atoms. The van der Waals surface area contributed by atoms with Gasteiger partial charge < -0.3 is 20.7 Å². The summed E-state index contributed by atoms with van der Waals surface area (Å²) in [6.07, 6.45) is 4.44.